The van der Waals surface area contributed by atoms with E-state index >= 15 is 0 Å². The van der Waals surface area contributed by atoms with Crippen LogP contribution in [0.2, 0.25) is 0 Å². The Labute approximate surface area is 52.4 Å². The van der Waals surface area contributed by atoms with E-state index < -0.39 is 7.82 Å². The van der Waals surface area contributed by atoms with Gasteiger partial charge in [-0.15, -0.1) is 5.26 Å². The lowest BCUT2D eigenvalue weighted by Crippen LogP contribution is -2.05. The second kappa shape index (κ2) is 3.46. The second-order valence-electron chi connectivity index (χ2n) is 1.05. The summed E-state index contributed by atoms with van der Waals surface area (Å²) in [6.07, 6.45) is 0.992. The molecule has 52 valence electrons. The molecule has 6 heteroatoms. The van der Waals surface area contributed by atoms with E-state index in [1.54, 1.807) is 0 Å². The minimum absolute atomic E-state index is 0.0253. The standard InChI is InChI=1S/C3H6NO4P/c1-2-7-9(5,6)8-3-4/h2H2,1H3,(H,5,6)/p-1. The predicted octanol–water partition coefficient (Wildman–Crippen LogP) is -0.0110. The topological polar surface area (TPSA) is 82.4 Å². The van der Waals surface area contributed by atoms with Crippen molar-refractivity contribution in [2.75, 3.05) is 6.61 Å². The highest BCUT2D eigenvalue weighted by atomic mass is 31.2. The van der Waals surface area contributed by atoms with E-state index in [1.807, 2.05) is 0 Å². The monoisotopic (exact) mass is 150 g/mol. The van der Waals surface area contributed by atoms with E-state index in [0.29, 0.717) is 0 Å². The highest BCUT2D eigenvalue weighted by Crippen LogP contribution is 2.36. The lowest BCUT2D eigenvalue weighted by Gasteiger charge is -2.16. The Balaban J connectivity index is 3.75. The molecule has 0 heterocycles. The molecule has 0 aromatic heterocycles. The Hall–Kier alpha value is -0.560. The molecular formula is C3H5NO4P-. The molecule has 0 aliphatic rings. The summed E-state index contributed by atoms with van der Waals surface area (Å²) < 4.78 is 17.8. The minimum Gasteiger partial charge on any atom is -0.746 e. The average molecular weight is 150 g/mol. The minimum atomic E-state index is -4.30. The first-order valence-corrected chi connectivity index (χ1v) is 3.61. The fraction of sp³-hybridized carbons (Fsp3) is 0.667. The largest absolute Gasteiger partial charge is 0.746 e. The van der Waals surface area contributed by atoms with E-state index in [1.165, 1.54) is 6.92 Å². The van der Waals surface area contributed by atoms with Crippen molar-refractivity contribution in [3.63, 3.8) is 0 Å². The van der Waals surface area contributed by atoms with Crippen molar-refractivity contribution in [2.24, 2.45) is 0 Å². The van der Waals surface area contributed by atoms with E-state index in [-0.39, 0.29) is 6.61 Å². The van der Waals surface area contributed by atoms with Gasteiger partial charge in [-0.2, -0.15) is 0 Å². The molecule has 0 spiro atoms. The van der Waals surface area contributed by atoms with Gasteiger partial charge in [-0.3, -0.25) is 4.57 Å². The first-order valence-electron chi connectivity index (χ1n) is 2.15. The van der Waals surface area contributed by atoms with Gasteiger partial charge < -0.3 is 13.9 Å². The summed E-state index contributed by atoms with van der Waals surface area (Å²) in [7, 11) is -4.30. The molecule has 5 nitrogen and oxygen atoms in total. The third-order valence-electron chi connectivity index (χ3n) is 0.440. The summed E-state index contributed by atoms with van der Waals surface area (Å²) in [4.78, 5) is 10.2. The van der Waals surface area contributed by atoms with Gasteiger partial charge in [0.05, 0.1) is 6.61 Å². The van der Waals surface area contributed by atoms with Gasteiger partial charge in [-0.1, -0.05) is 0 Å². The van der Waals surface area contributed by atoms with Crippen molar-refractivity contribution in [3.05, 3.63) is 0 Å². The number of rotatable bonds is 3. The molecule has 0 saturated heterocycles. The fourth-order valence-electron chi connectivity index (χ4n) is 0.234. The molecule has 0 aliphatic carbocycles. The van der Waals surface area contributed by atoms with Gasteiger partial charge in [-0.05, 0) is 6.92 Å². The molecule has 0 bridgehead atoms. The van der Waals surface area contributed by atoms with Gasteiger partial charge in [0.1, 0.15) is 0 Å². The van der Waals surface area contributed by atoms with Crippen LogP contribution in [0.15, 0.2) is 0 Å². The van der Waals surface area contributed by atoms with Crippen LogP contribution in [-0.4, -0.2) is 6.61 Å². The van der Waals surface area contributed by atoms with Crippen molar-refractivity contribution in [2.45, 2.75) is 6.92 Å². The maximum Gasteiger partial charge on any atom is 0.330 e. The molecule has 1 unspecified atom stereocenters. The Morgan fingerprint density at radius 1 is 1.89 bits per heavy atom. The van der Waals surface area contributed by atoms with Crippen LogP contribution in [0.3, 0.4) is 0 Å². The van der Waals surface area contributed by atoms with Crippen LogP contribution in [0.25, 0.3) is 0 Å². The zero-order chi connectivity index (χ0) is 7.33. The van der Waals surface area contributed by atoms with E-state index in [9.17, 15) is 9.46 Å². The van der Waals surface area contributed by atoms with Crippen molar-refractivity contribution in [1.29, 1.82) is 5.26 Å². The molecule has 0 aromatic rings. The van der Waals surface area contributed by atoms with Gasteiger partial charge in [0.25, 0.3) is 6.26 Å². The number of phosphoric ester groups is 1. The molecule has 9 heavy (non-hydrogen) atoms. The molecule has 0 rings (SSSR count). The van der Waals surface area contributed by atoms with Crippen molar-refractivity contribution in [3.8, 4) is 6.26 Å². The lowest BCUT2D eigenvalue weighted by atomic mass is 10.9. The summed E-state index contributed by atoms with van der Waals surface area (Å²) in [5.74, 6) is 0. The van der Waals surface area contributed by atoms with Gasteiger partial charge in [0.2, 0.25) is 0 Å². The van der Waals surface area contributed by atoms with E-state index in [0.717, 1.165) is 6.26 Å². The Morgan fingerprint density at radius 2 is 2.44 bits per heavy atom. The number of hydrogen-bond donors (Lipinski definition) is 0. The zero-order valence-corrected chi connectivity index (χ0v) is 5.63. The maximum atomic E-state index is 10.2. The Bertz CT molecular complexity index is 162. The summed E-state index contributed by atoms with van der Waals surface area (Å²) in [5, 5.41) is 7.70. The molecule has 0 saturated carbocycles. The molecule has 0 amide bonds. The smallest absolute Gasteiger partial charge is 0.330 e. The van der Waals surface area contributed by atoms with Crippen molar-refractivity contribution in [1.82, 2.24) is 0 Å². The third kappa shape index (κ3) is 3.98. The molecule has 0 aliphatic heterocycles. The van der Waals surface area contributed by atoms with Gasteiger partial charge >= 0.3 is 7.82 Å². The number of phosphoric acid groups is 1. The quantitative estimate of drug-likeness (QED) is 0.417. The van der Waals surface area contributed by atoms with Crippen molar-refractivity contribution >= 4 is 7.82 Å². The Kier molecular flexibility index (Phi) is 3.25. The van der Waals surface area contributed by atoms with Gasteiger partial charge in [-0.25, -0.2) is 0 Å². The van der Waals surface area contributed by atoms with Crippen LogP contribution in [-0.2, 0) is 13.6 Å². The van der Waals surface area contributed by atoms with Crippen LogP contribution in [0.1, 0.15) is 6.92 Å². The molecule has 0 N–H and O–H groups in total. The highest BCUT2D eigenvalue weighted by molar-refractivity contribution is 7.46. The maximum absolute atomic E-state index is 10.2. The number of nitriles is 1. The normalized spacial score (nSPS) is 15.7. The Morgan fingerprint density at radius 3 is 2.78 bits per heavy atom. The van der Waals surface area contributed by atoms with Crippen LogP contribution < -0.4 is 4.89 Å². The van der Waals surface area contributed by atoms with Gasteiger partial charge in [0, 0.05) is 0 Å². The van der Waals surface area contributed by atoms with Crippen LogP contribution >= 0.6 is 7.82 Å². The van der Waals surface area contributed by atoms with Gasteiger partial charge in [0.15, 0.2) is 0 Å². The van der Waals surface area contributed by atoms with E-state index in [2.05, 4.69) is 9.05 Å². The number of nitrogens with zero attached hydrogens (tertiary/aromatic N) is 1. The third-order valence-corrected chi connectivity index (χ3v) is 1.32. The number of hydrogen-bond acceptors (Lipinski definition) is 5. The second-order valence-corrected chi connectivity index (χ2v) is 2.38. The lowest BCUT2D eigenvalue weighted by molar-refractivity contribution is -0.219. The summed E-state index contributed by atoms with van der Waals surface area (Å²) in [5.41, 5.74) is 0. The zero-order valence-electron chi connectivity index (χ0n) is 4.73. The van der Waals surface area contributed by atoms with Crippen LogP contribution in [0.5, 0.6) is 0 Å². The molecule has 0 radical (unpaired) electrons. The van der Waals surface area contributed by atoms with E-state index in [4.69, 9.17) is 5.26 Å². The van der Waals surface area contributed by atoms with Crippen LogP contribution in [0.4, 0.5) is 0 Å². The first kappa shape index (κ1) is 8.44. The SMILES string of the molecule is CCOP(=O)([O-])OC#N. The average Bonchev–Trinajstić information content (AvgIpc) is 1.64. The molecular weight excluding hydrogens is 145 g/mol. The molecule has 0 aromatic carbocycles. The van der Waals surface area contributed by atoms with Crippen LogP contribution in [0, 0.1) is 11.5 Å². The summed E-state index contributed by atoms with van der Waals surface area (Å²) >= 11 is 0. The van der Waals surface area contributed by atoms with Crippen molar-refractivity contribution < 1.29 is 18.5 Å². The molecule has 0 fully saturated rings. The summed E-state index contributed by atoms with van der Waals surface area (Å²) in [6.45, 7) is 1.45. The predicted molar refractivity (Wildman–Crippen MR) is 25.9 cm³/mol. The first-order chi connectivity index (χ1) is 4.12. The highest BCUT2D eigenvalue weighted by Gasteiger charge is 2.05. The fourth-order valence-corrected chi connectivity index (χ4v) is 0.703. The molecule has 1 atom stereocenters. The summed E-state index contributed by atoms with van der Waals surface area (Å²) in [6, 6.07) is 0.